The number of benzene rings is 1. The number of carbonyl (C=O) groups is 2. The average molecular weight is 314 g/mol. The molecule has 2 aliphatic carbocycles. The van der Waals surface area contributed by atoms with Gasteiger partial charge >= 0.3 is 11.9 Å². The minimum absolute atomic E-state index is 0.221. The van der Waals surface area contributed by atoms with Crippen LogP contribution in [-0.2, 0) is 9.53 Å². The van der Waals surface area contributed by atoms with E-state index in [2.05, 4.69) is 6.58 Å². The summed E-state index contributed by atoms with van der Waals surface area (Å²) in [4.78, 5) is 24.0. The summed E-state index contributed by atoms with van der Waals surface area (Å²) in [5.74, 6) is 1.27. The van der Waals surface area contributed by atoms with Crippen molar-refractivity contribution in [2.75, 3.05) is 6.61 Å². The van der Waals surface area contributed by atoms with Gasteiger partial charge in [-0.2, -0.15) is 0 Å². The number of carbonyl (C=O) groups excluding carboxylic acids is 2. The second-order valence-electron chi connectivity index (χ2n) is 6.70. The van der Waals surface area contributed by atoms with Crippen LogP contribution >= 0.6 is 0 Å². The van der Waals surface area contributed by atoms with E-state index in [1.807, 2.05) is 0 Å². The summed E-state index contributed by atoms with van der Waals surface area (Å²) in [6.45, 7) is 5.57. The highest BCUT2D eigenvalue weighted by atomic mass is 16.5. The number of fused-ring (bicyclic) bond motifs is 2. The van der Waals surface area contributed by atoms with Gasteiger partial charge in [0, 0.05) is 5.57 Å². The molecule has 0 aliphatic heterocycles. The molecule has 0 radical (unpaired) electrons. The second kappa shape index (κ2) is 6.57. The van der Waals surface area contributed by atoms with Crippen molar-refractivity contribution in [1.29, 1.82) is 0 Å². The van der Waals surface area contributed by atoms with Crippen LogP contribution in [0.3, 0.4) is 0 Å². The molecule has 0 aromatic heterocycles. The van der Waals surface area contributed by atoms with Crippen molar-refractivity contribution in [3.63, 3.8) is 0 Å². The van der Waals surface area contributed by atoms with Crippen LogP contribution in [0.4, 0.5) is 0 Å². The van der Waals surface area contributed by atoms with Gasteiger partial charge < -0.3 is 9.47 Å². The van der Waals surface area contributed by atoms with E-state index in [0.717, 1.165) is 5.92 Å². The normalized spacial score (nSPS) is 25.2. The third-order valence-electron chi connectivity index (χ3n) is 4.97. The van der Waals surface area contributed by atoms with Crippen molar-refractivity contribution in [2.24, 2.45) is 17.8 Å². The van der Waals surface area contributed by atoms with E-state index in [-0.39, 0.29) is 16.9 Å². The topological polar surface area (TPSA) is 52.6 Å². The van der Waals surface area contributed by atoms with Gasteiger partial charge in [0.2, 0.25) is 0 Å². The van der Waals surface area contributed by atoms with Crippen molar-refractivity contribution in [2.45, 2.75) is 32.6 Å². The Morgan fingerprint density at radius 2 is 2.00 bits per heavy atom. The lowest BCUT2D eigenvalue weighted by atomic mass is 9.89. The number of esters is 2. The lowest BCUT2D eigenvalue weighted by Crippen LogP contribution is -2.20. The van der Waals surface area contributed by atoms with E-state index in [4.69, 9.17) is 9.47 Å². The Kier molecular flexibility index (Phi) is 4.51. The molecule has 1 aromatic rings. The zero-order valence-corrected chi connectivity index (χ0v) is 13.4. The van der Waals surface area contributed by atoms with Crippen molar-refractivity contribution in [3.8, 4) is 5.75 Å². The molecule has 1 aromatic carbocycles. The maximum absolute atomic E-state index is 12.3. The van der Waals surface area contributed by atoms with Crippen LogP contribution in [0.1, 0.15) is 43.0 Å². The molecule has 4 heteroatoms. The van der Waals surface area contributed by atoms with Crippen molar-refractivity contribution < 1.29 is 19.1 Å². The maximum Gasteiger partial charge on any atom is 0.341 e. The number of ether oxygens (including phenoxy) is 2. The molecular weight excluding hydrogens is 292 g/mol. The lowest BCUT2D eigenvalue weighted by molar-refractivity contribution is -0.130. The summed E-state index contributed by atoms with van der Waals surface area (Å²) in [6.07, 6.45) is 5.05. The molecule has 122 valence electrons. The van der Waals surface area contributed by atoms with Crippen molar-refractivity contribution in [3.05, 3.63) is 42.0 Å². The van der Waals surface area contributed by atoms with E-state index in [0.29, 0.717) is 18.4 Å². The number of rotatable bonds is 5. The Morgan fingerprint density at radius 1 is 1.22 bits per heavy atom. The molecule has 2 aliphatic rings. The van der Waals surface area contributed by atoms with Gasteiger partial charge in [0.15, 0.2) is 0 Å². The molecule has 2 fully saturated rings. The lowest BCUT2D eigenvalue weighted by Gasteiger charge is -2.21. The molecule has 3 unspecified atom stereocenters. The second-order valence-corrected chi connectivity index (χ2v) is 6.70. The Morgan fingerprint density at radius 3 is 2.65 bits per heavy atom. The molecule has 0 heterocycles. The Hall–Kier alpha value is -2.10. The van der Waals surface area contributed by atoms with Gasteiger partial charge in [-0.3, -0.25) is 0 Å². The molecule has 0 amide bonds. The van der Waals surface area contributed by atoms with E-state index < -0.39 is 11.9 Å². The van der Waals surface area contributed by atoms with Gasteiger partial charge in [-0.15, -0.1) is 0 Å². The fourth-order valence-electron chi connectivity index (χ4n) is 3.75. The minimum atomic E-state index is -0.543. The molecule has 0 N–H and O–H groups in total. The highest BCUT2D eigenvalue weighted by molar-refractivity contribution is 5.95. The standard InChI is InChI=1S/C19H22O4/c1-12(2)18(20)23-17-6-4-3-5-16(17)19(21)22-11-15-10-13-7-8-14(15)9-13/h3-6,13-15H,1,7-11H2,2H3. The minimum Gasteiger partial charge on any atom is -0.462 e. The van der Waals surface area contributed by atoms with Crippen molar-refractivity contribution in [1.82, 2.24) is 0 Å². The maximum atomic E-state index is 12.3. The average Bonchev–Trinajstić information content (AvgIpc) is 3.15. The Labute approximate surface area is 136 Å². The van der Waals surface area contributed by atoms with Crippen LogP contribution in [0.15, 0.2) is 36.4 Å². The van der Waals surface area contributed by atoms with Crippen LogP contribution < -0.4 is 4.74 Å². The van der Waals surface area contributed by atoms with Gasteiger partial charge in [-0.1, -0.05) is 25.1 Å². The van der Waals surface area contributed by atoms with Gasteiger partial charge in [-0.05, 0) is 56.1 Å². The first-order chi connectivity index (χ1) is 11.0. The summed E-state index contributed by atoms with van der Waals surface area (Å²) >= 11 is 0. The largest absolute Gasteiger partial charge is 0.462 e. The SMILES string of the molecule is C=C(C)C(=O)Oc1ccccc1C(=O)OCC1CC2CCC1C2. The van der Waals surface area contributed by atoms with E-state index in [1.165, 1.54) is 25.7 Å². The number of para-hydroxylation sites is 1. The van der Waals surface area contributed by atoms with Crippen LogP contribution in [-0.4, -0.2) is 18.5 Å². The van der Waals surface area contributed by atoms with Gasteiger partial charge in [0.1, 0.15) is 11.3 Å². The van der Waals surface area contributed by atoms with E-state index in [1.54, 1.807) is 31.2 Å². The summed E-state index contributed by atoms with van der Waals surface area (Å²) in [7, 11) is 0. The molecular formula is C19H22O4. The Balaban J connectivity index is 1.63. The van der Waals surface area contributed by atoms with Gasteiger partial charge in [0.25, 0.3) is 0 Å². The zero-order valence-electron chi connectivity index (χ0n) is 13.4. The predicted octanol–water partition coefficient (Wildman–Crippen LogP) is 3.76. The predicted molar refractivity (Wildman–Crippen MR) is 86.1 cm³/mol. The molecule has 0 saturated heterocycles. The molecule has 3 rings (SSSR count). The van der Waals surface area contributed by atoms with Crippen LogP contribution in [0.5, 0.6) is 5.75 Å². The van der Waals surface area contributed by atoms with E-state index >= 15 is 0 Å². The molecule has 2 bridgehead atoms. The van der Waals surface area contributed by atoms with Gasteiger partial charge in [0.05, 0.1) is 6.61 Å². The van der Waals surface area contributed by atoms with Crippen molar-refractivity contribution >= 4 is 11.9 Å². The highest BCUT2D eigenvalue weighted by Crippen LogP contribution is 2.48. The first-order valence-electron chi connectivity index (χ1n) is 8.18. The smallest absolute Gasteiger partial charge is 0.341 e. The third kappa shape index (κ3) is 3.46. The van der Waals surface area contributed by atoms with Crippen LogP contribution in [0.2, 0.25) is 0 Å². The number of hydrogen-bond donors (Lipinski definition) is 0. The summed E-state index contributed by atoms with van der Waals surface area (Å²) in [6, 6.07) is 6.65. The Bertz CT molecular complexity index is 634. The molecule has 0 spiro atoms. The number of hydrogen-bond acceptors (Lipinski definition) is 4. The fraction of sp³-hybridized carbons (Fsp3) is 0.474. The third-order valence-corrected chi connectivity index (χ3v) is 4.97. The molecule has 4 nitrogen and oxygen atoms in total. The van der Waals surface area contributed by atoms with Crippen LogP contribution in [0.25, 0.3) is 0 Å². The quantitative estimate of drug-likeness (QED) is 0.472. The van der Waals surface area contributed by atoms with Gasteiger partial charge in [-0.25, -0.2) is 9.59 Å². The molecule has 3 atom stereocenters. The summed E-state index contributed by atoms with van der Waals surface area (Å²) in [5.41, 5.74) is 0.570. The fourth-order valence-corrected chi connectivity index (χ4v) is 3.75. The zero-order chi connectivity index (χ0) is 16.4. The molecule has 23 heavy (non-hydrogen) atoms. The first kappa shape index (κ1) is 15.8. The monoisotopic (exact) mass is 314 g/mol. The molecule has 2 saturated carbocycles. The summed E-state index contributed by atoms with van der Waals surface area (Å²) < 4.78 is 10.7. The highest BCUT2D eigenvalue weighted by Gasteiger charge is 2.40. The van der Waals surface area contributed by atoms with E-state index in [9.17, 15) is 9.59 Å². The van der Waals surface area contributed by atoms with Crippen LogP contribution in [0, 0.1) is 17.8 Å². The first-order valence-corrected chi connectivity index (χ1v) is 8.18. The summed E-state index contributed by atoms with van der Waals surface area (Å²) in [5, 5.41) is 0.